The van der Waals surface area contributed by atoms with Gasteiger partial charge < -0.3 is 0 Å². The van der Waals surface area contributed by atoms with E-state index in [0.717, 1.165) is 21.7 Å². The van der Waals surface area contributed by atoms with Crippen LogP contribution < -0.4 is 0 Å². The average molecular weight is 253 g/mol. The van der Waals surface area contributed by atoms with Crippen LogP contribution in [0.4, 0.5) is 9.18 Å². The number of hydrogen-bond acceptors (Lipinski definition) is 3. The summed E-state index contributed by atoms with van der Waals surface area (Å²) in [6.45, 7) is 10.7. The summed E-state index contributed by atoms with van der Waals surface area (Å²) < 4.78 is 13.3. The summed E-state index contributed by atoms with van der Waals surface area (Å²) in [5, 5.41) is 0. The van der Waals surface area contributed by atoms with E-state index in [4.69, 9.17) is 0 Å². The summed E-state index contributed by atoms with van der Waals surface area (Å²) in [5.74, 6) is 0. The lowest BCUT2D eigenvalue weighted by atomic mass is 9.86. The molecule has 0 N–H and O–H groups in total. The third kappa shape index (κ3) is 7.96. The molecule has 0 fully saturated rings. The molecular weight excluding hydrogens is 233 g/mol. The molecule has 0 heterocycles. The maximum atomic E-state index is 12.3. The van der Waals surface area contributed by atoms with Gasteiger partial charge >= 0.3 is 6.16 Å². The minimum atomic E-state index is -1.40. The standard InChI is InChI=1S/C10H20FNOS2/c1-9(2,3)7-10(4,5)14-15-12(6)8(11)13/h7H2,1-6H3. The number of carbonyl (C=O) groups excluding carboxylic acids is 1. The fourth-order valence-corrected chi connectivity index (χ4v) is 3.65. The van der Waals surface area contributed by atoms with Gasteiger partial charge in [-0.1, -0.05) is 31.6 Å². The molecule has 0 unspecified atom stereocenters. The van der Waals surface area contributed by atoms with Crippen molar-refractivity contribution in [2.24, 2.45) is 5.41 Å². The molecule has 0 rings (SSSR count). The molecule has 0 aliphatic heterocycles. The Morgan fingerprint density at radius 2 is 1.73 bits per heavy atom. The summed E-state index contributed by atoms with van der Waals surface area (Å²) in [5.41, 5.74) is 0.232. The Kier molecular flexibility index (Phi) is 5.47. The lowest BCUT2D eigenvalue weighted by Gasteiger charge is -2.31. The van der Waals surface area contributed by atoms with Crippen molar-refractivity contribution in [3.8, 4) is 0 Å². The highest BCUT2D eigenvalue weighted by Crippen LogP contribution is 2.43. The van der Waals surface area contributed by atoms with Gasteiger partial charge in [0.25, 0.3) is 0 Å². The van der Waals surface area contributed by atoms with Crippen molar-refractivity contribution in [1.82, 2.24) is 4.31 Å². The van der Waals surface area contributed by atoms with Crippen molar-refractivity contribution in [3.63, 3.8) is 0 Å². The Labute approximate surface area is 99.9 Å². The zero-order valence-electron chi connectivity index (χ0n) is 10.3. The number of rotatable bonds is 4. The van der Waals surface area contributed by atoms with Gasteiger partial charge in [0.2, 0.25) is 0 Å². The van der Waals surface area contributed by atoms with E-state index in [1.54, 1.807) is 0 Å². The number of nitrogens with zero attached hydrogens (tertiary/aromatic N) is 1. The fourth-order valence-electron chi connectivity index (χ4n) is 1.49. The first kappa shape index (κ1) is 15.1. The van der Waals surface area contributed by atoms with E-state index >= 15 is 0 Å². The van der Waals surface area contributed by atoms with Crippen molar-refractivity contribution in [2.75, 3.05) is 7.05 Å². The molecule has 0 aliphatic carbocycles. The monoisotopic (exact) mass is 253 g/mol. The molecule has 0 aliphatic rings. The first-order chi connectivity index (χ1) is 6.53. The van der Waals surface area contributed by atoms with Gasteiger partial charge in [0.1, 0.15) is 0 Å². The summed E-state index contributed by atoms with van der Waals surface area (Å²) in [7, 11) is 4.12. The Bertz CT molecular complexity index is 226. The number of halogens is 1. The van der Waals surface area contributed by atoms with Crippen LogP contribution in [-0.2, 0) is 0 Å². The van der Waals surface area contributed by atoms with Crippen LogP contribution in [0, 0.1) is 5.41 Å². The SMILES string of the molecule is CN(SSC(C)(C)CC(C)(C)C)C(=O)F. The van der Waals surface area contributed by atoms with Crippen molar-refractivity contribution in [3.05, 3.63) is 0 Å². The van der Waals surface area contributed by atoms with Crippen molar-refractivity contribution in [2.45, 2.75) is 45.8 Å². The van der Waals surface area contributed by atoms with Crippen LogP contribution in [0.2, 0.25) is 0 Å². The molecule has 0 spiro atoms. The highest BCUT2D eigenvalue weighted by atomic mass is 33.1. The normalized spacial score (nSPS) is 12.7. The first-order valence-corrected chi connectivity index (χ1v) is 6.93. The van der Waals surface area contributed by atoms with E-state index in [1.165, 1.54) is 17.8 Å². The molecule has 5 heteroatoms. The van der Waals surface area contributed by atoms with Gasteiger partial charge in [-0.05, 0) is 25.7 Å². The molecule has 0 saturated heterocycles. The van der Waals surface area contributed by atoms with Crippen LogP contribution in [-0.4, -0.2) is 22.3 Å². The third-order valence-corrected chi connectivity index (χ3v) is 4.86. The van der Waals surface area contributed by atoms with Crippen LogP contribution >= 0.6 is 21.8 Å². The van der Waals surface area contributed by atoms with Crippen molar-refractivity contribution in [1.29, 1.82) is 0 Å². The first-order valence-electron chi connectivity index (χ1n) is 4.82. The Hall–Kier alpha value is 0.1000. The van der Waals surface area contributed by atoms with E-state index in [1.807, 2.05) is 0 Å². The smallest absolute Gasteiger partial charge is 0.252 e. The summed E-state index contributed by atoms with van der Waals surface area (Å²) >= 11 is 0. The zero-order valence-corrected chi connectivity index (χ0v) is 11.9. The lowest BCUT2D eigenvalue weighted by Crippen LogP contribution is -2.23. The number of hydrogen-bond donors (Lipinski definition) is 0. The van der Waals surface area contributed by atoms with Gasteiger partial charge in [-0.2, -0.15) is 0 Å². The molecule has 90 valence electrons. The topological polar surface area (TPSA) is 20.3 Å². The van der Waals surface area contributed by atoms with Gasteiger partial charge in [-0.3, -0.25) is 4.31 Å². The summed E-state index contributed by atoms with van der Waals surface area (Å²) in [6, 6.07) is 0. The molecule has 0 aromatic carbocycles. The van der Waals surface area contributed by atoms with Gasteiger partial charge in [0.15, 0.2) is 0 Å². The predicted octanol–water partition coefficient (Wildman–Crippen LogP) is 4.52. The quantitative estimate of drug-likeness (QED) is 0.318. The van der Waals surface area contributed by atoms with E-state index in [0.29, 0.717) is 0 Å². The summed E-state index contributed by atoms with van der Waals surface area (Å²) in [6.07, 6.45) is -0.398. The second-order valence-electron chi connectivity index (χ2n) is 5.41. The maximum Gasteiger partial charge on any atom is 0.410 e. The summed E-state index contributed by atoms with van der Waals surface area (Å²) in [4.78, 5) is 10.4. The largest absolute Gasteiger partial charge is 0.410 e. The molecular formula is C10H20FNOS2. The molecule has 0 aromatic rings. The highest BCUT2D eigenvalue weighted by Gasteiger charge is 2.27. The van der Waals surface area contributed by atoms with Gasteiger partial charge in [0, 0.05) is 22.8 Å². The molecule has 0 radical (unpaired) electrons. The lowest BCUT2D eigenvalue weighted by molar-refractivity contribution is 0.210. The number of carbonyl (C=O) groups is 1. The van der Waals surface area contributed by atoms with E-state index in [2.05, 4.69) is 34.6 Å². The van der Waals surface area contributed by atoms with Crippen LogP contribution in [0.3, 0.4) is 0 Å². The van der Waals surface area contributed by atoms with Gasteiger partial charge in [-0.25, -0.2) is 4.79 Å². The Balaban J connectivity index is 4.10. The molecule has 1 amide bonds. The van der Waals surface area contributed by atoms with E-state index < -0.39 is 6.16 Å². The Morgan fingerprint density at radius 3 is 2.07 bits per heavy atom. The third-order valence-electron chi connectivity index (χ3n) is 1.58. The van der Waals surface area contributed by atoms with E-state index in [9.17, 15) is 9.18 Å². The predicted molar refractivity (Wildman–Crippen MR) is 67.6 cm³/mol. The van der Waals surface area contributed by atoms with Crippen LogP contribution in [0.15, 0.2) is 0 Å². The molecule has 0 bridgehead atoms. The average Bonchev–Trinajstić information content (AvgIpc) is 1.95. The maximum absolute atomic E-state index is 12.3. The minimum absolute atomic E-state index is 0.0205. The molecule has 0 atom stereocenters. The molecule has 2 nitrogen and oxygen atoms in total. The van der Waals surface area contributed by atoms with Gasteiger partial charge in [0.05, 0.1) is 0 Å². The second kappa shape index (κ2) is 5.43. The highest BCUT2D eigenvalue weighted by molar-refractivity contribution is 8.76. The zero-order chi connectivity index (χ0) is 12.3. The van der Waals surface area contributed by atoms with Crippen LogP contribution in [0.5, 0.6) is 0 Å². The van der Waals surface area contributed by atoms with E-state index in [-0.39, 0.29) is 10.2 Å². The molecule has 0 saturated carbocycles. The van der Waals surface area contributed by atoms with Crippen LogP contribution in [0.25, 0.3) is 0 Å². The van der Waals surface area contributed by atoms with Gasteiger partial charge in [-0.15, -0.1) is 4.39 Å². The van der Waals surface area contributed by atoms with Crippen molar-refractivity contribution < 1.29 is 9.18 Å². The molecule has 15 heavy (non-hydrogen) atoms. The van der Waals surface area contributed by atoms with Crippen molar-refractivity contribution >= 4 is 27.9 Å². The fraction of sp³-hybridized carbons (Fsp3) is 0.900. The number of amides is 1. The second-order valence-corrected chi connectivity index (χ2v) is 8.32. The Morgan fingerprint density at radius 1 is 1.27 bits per heavy atom. The molecule has 0 aromatic heterocycles. The minimum Gasteiger partial charge on any atom is -0.252 e. The van der Waals surface area contributed by atoms with Crippen LogP contribution in [0.1, 0.15) is 41.0 Å².